The zero-order valence-electron chi connectivity index (χ0n) is 25.8. The monoisotopic (exact) mass is 725 g/mol. The fraction of sp³-hybridized carbons (Fsp3) is 0.500. The van der Waals surface area contributed by atoms with Gasteiger partial charge in [0, 0.05) is 20.9 Å². The lowest BCUT2D eigenvalue weighted by atomic mass is 9.87. The number of benzene rings is 2. The van der Waals surface area contributed by atoms with Crippen LogP contribution in [0.3, 0.4) is 0 Å². The van der Waals surface area contributed by atoms with Gasteiger partial charge in [-0.05, 0) is 119 Å². The van der Waals surface area contributed by atoms with Crippen LogP contribution in [0.4, 0.5) is 0 Å². The molecule has 2 aromatic rings. The number of halogens is 2. The summed E-state index contributed by atoms with van der Waals surface area (Å²) in [5.41, 5.74) is 2.18. The van der Waals surface area contributed by atoms with Crippen molar-refractivity contribution >= 4 is 57.5 Å². The lowest BCUT2D eigenvalue weighted by molar-refractivity contribution is 0.0428. The Kier molecular flexibility index (Phi) is 10.6. The van der Waals surface area contributed by atoms with Crippen molar-refractivity contribution in [3.05, 3.63) is 63.0 Å². The largest absolute Gasteiger partial charge is 0.486 e. The number of hydrogen-bond donors (Lipinski definition) is 0. The van der Waals surface area contributed by atoms with Crippen LogP contribution < -0.4 is 9.47 Å². The molecule has 2 aliphatic carbocycles. The van der Waals surface area contributed by atoms with Crippen molar-refractivity contribution in [3.63, 3.8) is 0 Å². The number of nitrogens with zero attached hydrogens (tertiary/aromatic N) is 3. The minimum absolute atomic E-state index is 0.143. The summed E-state index contributed by atoms with van der Waals surface area (Å²) in [5.74, 6) is 5.74. The Morgan fingerprint density at radius 2 is 1.42 bits per heavy atom. The molecule has 2 saturated carbocycles. The SMILES string of the molecule is C=C=N[Si](C)(C)C.CC1CCC2(CC(=NC#N)c3cc(Br)ccc3O2)C1.CC1CCC2(CC(=O)c3cc(Br)ccc3O2)C1. The van der Waals surface area contributed by atoms with Crippen LogP contribution in [0, 0.1) is 23.3 Å². The number of hydrogen-bond acceptors (Lipinski definition) is 6. The van der Waals surface area contributed by atoms with Gasteiger partial charge < -0.3 is 9.47 Å². The van der Waals surface area contributed by atoms with Gasteiger partial charge in [-0.1, -0.05) is 45.7 Å². The van der Waals surface area contributed by atoms with Gasteiger partial charge in [-0.3, -0.25) is 9.45 Å². The molecule has 2 spiro atoms. The number of fused-ring (bicyclic) bond motifs is 2. The second-order valence-electron chi connectivity index (χ2n) is 13.4. The standard InChI is InChI=1S/C15H15BrN2O.C14H15BrO2.C5H11NSi/c1-10-4-5-15(7-10)8-13(18-9-17)12-6-11(16)2-3-14(12)19-15;1-9-4-5-14(7-9)8-12(16)11-6-10(15)2-3-13(11)17-14;1-5-6-7(2,3)4/h2-3,6,10H,4-5,7-8H2,1H3;2-3,6,9H,4-5,7-8H2,1H3;1H2,2-4H3. The number of ketones is 1. The molecule has 4 aliphatic rings. The Morgan fingerprint density at radius 1 is 0.907 bits per heavy atom. The average molecular weight is 728 g/mol. The quantitative estimate of drug-likeness (QED) is 0.166. The number of carbonyl (C=O) groups is 1. The van der Waals surface area contributed by atoms with Crippen LogP contribution in [0.15, 0.2) is 61.6 Å². The molecule has 0 saturated heterocycles. The summed E-state index contributed by atoms with van der Waals surface area (Å²) in [6, 6.07) is 11.6. The van der Waals surface area contributed by atoms with Gasteiger partial charge in [-0.2, -0.15) is 10.3 Å². The van der Waals surface area contributed by atoms with Crippen LogP contribution in [0.25, 0.3) is 0 Å². The number of Topliss-reactive ketones (excluding diaryl/α,β-unsaturated/α-hetero) is 1. The minimum atomic E-state index is -1.21. The van der Waals surface area contributed by atoms with Crippen molar-refractivity contribution in [1.29, 1.82) is 5.26 Å². The third kappa shape index (κ3) is 8.57. The van der Waals surface area contributed by atoms with Crippen LogP contribution in [0.2, 0.25) is 19.6 Å². The Balaban J connectivity index is 0.000000163. The first-order valence-corrected chi connectivity index (χ1v) is 20.0. The second kappa shape index (κ2) is 13.6. The Hall–Kier alpha value is -2.50. The molecule has 0 aromatic heterocycles. The number of rotatable bonds is 1. The first kappa shape index (κ1) is 33.4. The van der Waals surface area contributed by atoms with Gasteiger partial charge >= 0.3 is 0 Å². The number of nitriles is 1. The zero-order chi connectivity index (χ0) is 31.4. The molecule has 228 valence electrons. The van der Waals surface area contributed by atoms with E-state index in [4.69, 9.17) is 14.7 Å². The predicted molar refractivity (Wildman–Crippen MR) is 183 cm³/mol. The molecular weight excluding hydrogens is 686 g/mol. The van der Waals surface area contributed by atoms with Crippen LogP contribution in [0.1, 0.15) is 81.1 Å². The fourth-order valence-electron chi connectivity index (χ4n) is 6.55. The number of aliphatic imine (C=N–C) groups is 1. The number of carbonyl (C=O) groups excluding carboxylic acids is 1. The van der Waals surface area contributed by atoms with E-state index in [1.165, 1.54) is 12.8 Å². The van der Waals surface area contributed by atoms with E-state index in [0.717, 1.165) is 69.4 Å². The van der Waals surface area contributed by atoms with Gasteiger partial charge in [0.2, 0.25) is 6.19 Å². The van der Waals surface area contributed by atoms with Crippen molar-refractivity contribution in [3.8, 4) is 17.7 Å². The van der Waals surface area contributed by atoms with Gasteiger partial charge in [0.05, 0.1) is 17.7 Å². The lowest BCUT2D eigenvalue weighted by Crippen LogP contribution is -2.40. The topological polar surface area (TPSA) is 84.0 Å². The molecule has 2 aliphatic heterocycles. The van der Waals surface area contributed by atoms with Crippen molar-refractivity contribution in [2.45, 2.75) is 96.1 Å². The van der Waals surface area contributed by atoms with Gasteiger partial charge in [0.1, 0.15) is 22.7 Å². The highest BCUT2D eigenvalue weighted by molar-refractivity contribution is 9.10. The fourth-order valence-corrected chi connectivity index (χ4v) is 7.75. The highest BCUT2D eigenvalue weighted by Gasteiger charge is 2.45. The molecule has 6 nitrogen and oxygen atoms in total. The lowest BCUT2D eigenvalue weighted by Gasteiger charge is -2.36. The molecule has 0 N–H and O–H groups in total. The Labute approximate surface area is 274 Å². The highest BCUT2D eigenvalue weighted by atomic mass is 79.9. The maximum absolute atomic E-state index is 12.2. The predicted octanol–water partition coefficient (Wildman–Crippen LogP) is 9.71. The van der Waals surface area contributed by atoms with Gasteiger partial charge in [0.25, 0.3) is 0 Å². The van der Waals surface area contributed by atoms with E-state index in [-0.39, 0.29) is 17.0 Å². The Bertz CT molecular complexity index is 1490. The van der Waals surface area contributed by atoms with E-state index in [2.05, 4.69) is 87.4 Å². The van der Waals surface area contributed by atoms with Crippen molar-refractivity contribution in [1.82, 2.24) is 0 Å². The summed E-state index contributed by atoms with van der Waals surface area (Å²) < 4.78 is 18.4. The van der Waals surface area contributed by atoms with Crippen LogP contribution in [0.5, 0.6) is 11.5 Å². The van der Waals surface area contributed by atoms with Crippen molar-refractivity contribution in [2.24, 2.45) is 21.5 Å². The summed E-state index contributed by atoms with van der Waals surface area (Å²) in [7, 11) is -1.21. The normalized spacial score (nSPS) is 27.8. The van der Waals surface area contributed by atoms with E-state index in [0.29, 0.717) is 18.3 Å². The zero-order valence-corrected chi connectivity index (χ0v) is 30.0. The summed E-state index contributed by atoms with van der Waals surface area (Å²) in [4.78, 5) is 16.2. The number of ether oxygens (including phenoxy) is 2. The highest BCUT2D eigenvalue weighted by Crippen LogP contribution is 2.47. The summed E-state index contributed by atoms with van der Waals surface area (Å²) in [6.07, 6.45) is 9.69. The first-order valence-electron chi connectivity index (χ1n) is 15.0. The molecule has 9 heteroatoms. The molecular formula is C34H41Br2N3O3Si. The molecule has 0 radical (unpaired) electrons. The third-order valence-electron chi connectivity index (χ3n) is 8.35. The maximum atomic E-state index is 12.2. The average Bonchev–Trinajstić information content (AvgIpc) is 3.46. The van der Waals surface area contributed by atoms with E-state index in [9.17, 15) is 4.79 Å². The molecule has 2 aromatic carbocycles. The minimum Gasteiger partial charge on any atom is -0.486 e. The summed E-state index contributed by atoms with van der Waals surface area (Å²) in [6.45, 7) is 14.3. The molecule has 2 fully saturated rings. The van der Waals surface area contributed by atoms with Crippen LogP contribution in [-0.4, -0.2) is 36.8 Å². The smallest absolute Gasteiger partial charge is 0.205 e. The summed E-state index contributed by atoms with van der Waals surface area (Å²) in [5, 5.41) is 8.91. The molecule has 2 heterocycles. The molecule has 0 bridgehead atoms. The molecule has 4 unspecified atom stereocenters. The molecule has 4 atom stereocenters. The molecule has 6 rings (SSSR count). The van der Waals surface area contributed by atoms with E-state index < -0.39 is 8.24 Å². The van der Waals surface area contributed by atoms with Gasteiger partial charge in [0.15, 0.2) is 14.0 Å². The van der Waals surface area contributed by atoms with Crippen LogP contribution in [-0.2, 0) is 0 Å². The molecule has 0 amide bonds. The van der Waals surface area contributed by atoms with Gasteiger partial charge in [-0.25, -0.2) is 0 Å². The molecule has 43 heavy (non-hydrogen) atoms. The maximum Gasteiger partial charge on any atom is 0.205 e. The summed E-state index contributed by atoms with van der Waals surface area (Å²) >= 11 is 6.85. The van der Waals surface area contributed by atoms with Crippen LogP contribution >= 0.6 is 31.9 Å². The van der Waals surface area contributed by atoms with Crippen molar-refractivity contribution in [2.75, 3.05) is 0 Å². The van der Waals surface area contributed by atoms with Gasteiger partial charge in [-0.15, -0.1) is 0 Å². The van der Waals surface area contributed by atoms with E-state index >= 15 is 0 Å². The second-order valence-corrected chi connectivity index (χ2v) is 19.8. The first-order chi connectivity index (χ1) is 20.3. The van der Waals surface area contributed by atoms with E-state index in [1.54, 1.807) is 0 Å². The Morgan fingerprint density at radius 3 is 1.86 bits per heavy atom. The van der Waals surface area contributed by atoms with Crippen molar-refractivity contribution < 1.29 is 14.3 Å². The third-order valence-corrected chi connectivity index (χ3v) is 10.2. The van der Waals surface area contributed by atoms with E-state index in [1.807, 2.05) is 42.6 Å².